The monoisotopic (exact) mass is 306 g/mol. The zero-order chi connectivity index (χ0) is 16.1. The lowest BCUT2D eigenvalue weighted by Gasteiger charge is -2.32. The molecule has 0 aromatic rings. The van der Waals surface area contributed by atoms with Gasteiger partial charge in [-0.3, -0.25) is 14.5 Å². The standard InChI is InChI=1S/C18H30N2O2/c1-11(21)15(12-8-6-5-7-9-12)19-17(22)16-14-13(10-20(16)4)18(14,2)3/h12-16H,5-10H2,1-4H3,(H,19,22)/t13?,14?,15-,16+/m1/s1. The lowest BCUT2D eigenvalue weighted by molar-refractivity contribution is -0.131. The van der Waals surface area contributed by atoms with E-state index in [1.54, 1.807) is 6.92 Å². The van der Waals surface area contributed by atoms with E-state index in [0.717, 1.165) is 19.4 Å². The van der Waals surface area contributed by atoms with E-state index >= 15 is 0 Å². The smallest absolute Gasteiger partial charge is 0.238 e. The van der Waals surface area contributed by atoms with Gasteiger partial charge in [0.05, 0.1) is 12.1 Å². The van der Waals surface area contributed by atoms with Gasteiger partial charge in [0.2, 0.25) is 5.91 Å². The van der Waals surface area contributed by atoms with Crippen molar-refractivity contribution in [2.75, 3.05) is 13.6 Å². The topological polar surface area (TPSA) is 49.4 Å². The van der Waals surface area contributed by atoms with Crippen LogP contribution in [0.1, 0.15) is 52.9 Å². The molecule has 3 fully saturated rings. The normalized spacial score (nSPS) is 35.7. The molecule has 1 N–H and O–H groups in total. The third-order valence-electron chi connectivity index (χ3n) is 6.56. The molecule has 124 valence electrons. The lowest BCUT2D eigenvalue weighted by Crippen LogP contribution is -2.53. The van der Waals surface area contributed by atoms with Crippen molar-refractivity contribution in [1.29, 1.82) is 0 Å². The van der Waals surface area contributed by atoms with Crippen LogP contribution in [0, 0.1) is 23.2 Å². The van der Waals surface area contributed by atoms with Crippen molar-refractivity contribution in [3.8, 4) is 0 Å². The summed E-state index contributed by atoms with van der Waals surface area (Å²) in [5.74, 6) is 1.62. The van der Waals surface area contributed by atoms with Gasteiger partial charge in [-0.2, -0.15) is 0 Å². The Bertz CT molecular complexity index is 468. The fourth-order valence-electron chi connectivity index (χ4n) is 5.08. The van der Waals surface area contributed by atoms with Crippen molar-refractivity contribution in [3.05, 3.63) is 0 Å². The van der Waals surface area contributed by atoms with E-state index in [1.807, 2.05) is 7.05 Å². The number of fused-ring (bicyclic) bond motifs is 1. The maximum atomic E-state index is 12.8. The fourth-order valence-corrected chi connectivity index (χ4v) is 5.08. The zero-order valence-electron chi connectivity index (χ0n) is 14.4. The summed E-state index contributed by atoms with van der Waals surface area (Å²) in [4.78, 5) is 27.1. The maximum Gasteiger partial charge on any atom is 0.238 e. The van der Waals surface area contributed by atoms with Crippen molar-refractivity contribution in [2.45, 2.75) is 65.0 Å². The van der Waals surface area contributed by atoms with Gasteiger partial charge in [0.1, 0.15) is 0 Å². The van der Waals surface area contributed by atoms with Crippen LogP contribution in [0.3, 0.4) is 0 Å². The van der Waals surface area contributed by atoms with Gasteiger partial charge < -0.3 is 5.32 Å². The van der Waals surface area contributed by atoms with Gasteiger partial charge in [-0.15, -0.1) is 0 Å². The minimum atomic E-state index is -0.276. The molecule has 4 nitrogen and oxygen atoms in total. The van der Waals surface area contributed by atoms with Crippen molar-refractivity contribution in [2.24, 2.45) is 23.2 Å². The van der Waals surface area contributed by atoms with Crippen LogP contribution in [0.5, 0.6) is 0 Å². The minimum Gasteiger partial charge on any atom is -0.345 e. The van der Waals surface area contributed by atoms with Crippen LogP contribution >= 0.6 is 0 Å². The molecule has 0 radical (unpaired) electrons. The summed E-state index contributed by atoms with van der Waals surface area (Å²) in [6.07, 6.45) is 5.78. The van der Waals surface area contributed by atoms with Crippen molar-refractivity contribution in [3.63, 3.8) is 0 Å². The highest BCUT2D eigenvalue weighted by Gasteiger charge is 2.67. The molecule has 1 heterocycles. The van der Waals surface area contributed by atoms with Gasteiger partial charge >= 0.3 is 0 Å². The quantitative estimate of drug-likeness (QED) is 0.866. The predicted molar refractivity (Wildman–Crippen MR) is 86.4 cm³/mol. The summed E-state index contributed by atoms with van der Waals surface area (Å²) < 4.78 is 0. The first-order valence-electron chi connectivity index (χ1n) is 8.85. The Morgan fingerprint density at radius 2 is 1.82 bits per heavy atom. The number of amides is 1. The molecule has 2 unspecified atom stereocenters. The van der Waals surface area contributed by atoms with Crippen LogP contribution in [0.15, 0.2) is 0 Å². The second-order valence-corrected chi connectivity index (χ2v) is 8.33. The number of hydrogen-bond acceptors (Lipinski definition) is 3. The van der Waals surface area contributed by atoms with Crippen LogP contribution in [-0.2, 0) is 9.59 Å². The van der Waals surface area contributed by atoms with Crippen LogP contribution in [0.4, 0.5) is 0 Å². The molecule has 3 aliphatic rings. The van der Waals surface area contributed by atoms with E-state index in [4.69, 9.17) is 0 Å². The minimum absolute atomic E-state index is 0.0505. The number of hydrogen-bond donors (Lipinski definition) is 1. The first-order valence-corrected chi connectivity index (χ1v) is 8.85. The number of piperidine rings is 1. The molecule has 0 spiro atoms. The SMILES string of the molecule is CC(=O)[C@@H](NC(=O)[C@@H]1C2C(CN1C)C2(C)C)C1CCCCC1. The molecular weight excluding hydrogens is 276 g/mol. The Hall–Kier alpha value is -0.900. The molecule has 0 aromatic heterocycles. The number of ketones is 1. The van der Waals surface area contributed by atoms with E-state index in [1.165, 1.54) is 19.3 Å². The Morgan fingerprint density at radius 3 is 2.36 bits per heavy atom. The molecule has 1 saturated heterocycles. The van der Waals surface area contributed by atoms with Gasteiger partial charge in [0.25, 0.3) is 0 Å². The molecule has 0 aromatic carbocycles. The number of rotatable bonds is 4. The number of likely N-dealkylation sites (tertiary alicyclic amines) is 1. The maximum absolute atomic E-state index is 12.8. The zero-order valence-corrected chi connectivity index (χ0v) is 14.4. The third kappa shape index (κ3) is 2.60. The highest BCUT2D eigenvalue weighted by molar-refractivity contribution is 5.90. The second kappa shape index (κ2) is 5.63. The van der Waals surface area contributed by atoms with Gasteiger partial charge in [-0.1, -0.05) is 33.1 Å². The number of carbonyl (C=O) groups is 2. The van der Waals surface area contributed by atoms with Crippen LogP contribution in [0.25, 0.3) is 0 Å². The number of nitrogens with zero attached hydrogens (tertiary/aromatic N) is 1. The highest BCUT2D eigenvalue weighted by atomic mass is 16.2. The highest BCUT2D eigenvalue weighted by Crippen LogP contribution is 2.64. The summed E-state index contributed by atoms with van der Waals surface area (Å²) in [6.45, 7) is 7.16. The van der Waals surface area contributed by atoms with Crippen molar-refractivity contribution < 1.29 is 9.59 Å². The molecule has 0 bridgehead atoms. The largest absolute Gasteiger partial charge is 0.345 e. The molecule has 4 heteroatoms. The van der Waals surface area contributed by atoms with Crippen molar-refractivity contribution >= 4 is 11.7 Å². The van der Waals surface area contributed by atoms with E-state index < -0.39 is 0 Å². The Kier molecular flexibility index (Phi) is 4.09. The van der Waals surface area contributed by atoms with Gasteiger partial charge in [0, 0.05) is 6.54 Å². The molecule has 3 rings (SSSR count). The summed E-state index contributed by atoms with van der Waals surface area (Å²) >= 11 is 0. The van der Waals surface area contributed by atoms with Gasteiger partial charge in [-0.25, -0.2) is 0 Å². The number of Topliss-reactive ketones (excluding diaryl/α,β-unsaturated/α-hetero) is 1. The molecule has 1 aliphatic heterocycles. The third-order valence-corrected chi connectivity index (χ3v) is 6.56. The summed E-state index contributed by atoms with van der Waals surface area (Å²) in [5, 5.41) is 3.12. The number of likely N-dealkylation sites (N-methyl/N-ethyl adjacent to an activating group) is 1. The summed E-state index contributed by atoms with van der Waals surface area (Å²) in [5.41, 5.74) is 0.283. The van der Waals surface area contributed by atoms with Crippen LogP contribution in [0.2, 0.25) is 0 Å². The Morgan fingerprint density at radius 1 is 1.18 bits per heavy atom. The van der Waals surface area contributed by atoms with E-state index in [2.05, 4.69) is 24.1 Å². The number of carbonyl (C=O) groups excluding carboxylic acids is 2. The predicted octanol–water partition coefficient (Wildman–Crippen LogP) is 2.23. The van der Waals surface area contributed by atoms with E-state index in [0.29, 0.717) is 17.8 Å². The van der Waals surface area contributed by atoms with Crippen LogP contribution in [-0.4, -0.2) is 42.3 Å². The van der Waals surface area contributed by atoms with Crippen molar-refractivity contribution in [1.82, 2.24) is 10.2 Å². The number of nitrogens with one attached hydrogen (secondary N) is 1. The second-order valence-electron chi connectivity index (χ2n) is 8.33. The first-order chi connectivity index (χ1) is 10.3. The molecule has 2 aliphatic carbocycles. The average molecular weight is 306 g/mol. The molecular formula is C18H30N2O2. The molecule has 4 atom stereocenters. The van der Waals surface area contributed by atoms with Gasteiger partial charge in [-0.05, 0) is 50.0 Å². The van der Waals surface area contributed by atoms with Gasteiger partial charge in [0.15, 0.2) is 5.78 Å². The molecule has 2 saturated carbocycles. The lowest BCUT2D eigenvalue weighted by atomic mass is 9.82. The van der Waals surface area contributed by atoms with Crippen LogP contribution < -0.4 is 5.32 Å². The van der Waals surface area contributed by atoms with E-state index in [-0.39, 0.29) is 29.2 Å². The molecule has 22 heavy (non-hydrogen) atoms. The Balaban J connectivity index is 1.67. The summed E-state index contributed by atoms with van der Waals surface area (Å²) in [6, 6.07) is -0.326. The fraction of sp³-hybridized carbons (Fsp3) is 0.889. The summed E-state index contributed by atoms with van der Waals surface area (Å²) in [7, 11) is 2.04. The first kappa shape index (κ1) is 16.0. The van der Waals surface area contributed by atoms with E-state index in [9.17, 15) is 9.59 Å². The molecule has 1 amide bonds. The average Bonchev–Trinajstić information content (AvgIpc) is 2.83. The Labute approximate surface area is 134 Å².